The van der Waals surface area contributed by atoms with E-state index in [9.17, 15) is 4.79 Å². The van der Waals surface area contributed by atoms with E-state index >= 15 is 0 Å². The molecular weight excluding hydrogens is 190 g/mol. The van der Waals surface area contributed by atoms with Gasteiger partial charge >= 0.3 is 5.97 Å². The van der Waals surface area contributed by atoms with Crippen molar-refractivity contribution in [1.82, 2.24) is 0 Å². The van der Waals surface area contributed by atoms with Gasteiger partial charge in [-0.1, -0.05) is 6.08 Å². The maximum absolute atomic E-state index is 10.9. The van der Waals surface area contributed by atoms with Crippen molar-refractivity contribution in [2.75, 3.05) is 11.9 Å². The summed E-state index contributed by atoms with van der Waals surface area (Å²) < 4.78 is 0. The number of aromatic carboxylic acids is 1. The van der Waals surface area contributed by atoms with E-state index in [1.54, 1.807) is 18.2 Å². The molecular formula is C12H15NO2. The Hall–Kier alpha value is -1.77. The summed E-state index contributed by atoms with van der Waals surface area (Å²) in [6.45, 7) is 6.44. The summed E-state index contributed by atoms with van der Waals surface area (Å²) in [5.74, 6) is -0.894. The van der Waals surface area contributed by atoms with E-state index in [1.165, 1.54) is 0 Å². The average Bonchev–Trinajstić information content (AvgIpc) is 2.18. The molecule has 0 atom stereocenters. The zero-order chi connectivity index (χ0) is 11.3. The number of benzene rings is 1. The average molecular weight is 205 g/mol. The van der Waals surface area contributed by atoms with Crippen molar-refractivity contribution in [3.63, 3.8) is 0 Å². The van der Waals surface area contributed by atoms with Crippen LogP contribution >= 0.6 is 0 Å². The first-order valence-electron chi connectivity index (χ1n) is 4.90. The van der Waals surface area contributed by atoms with Gasteiger partial charge in [0, 0.05) is 12.2 Å². The Kier molecular flexibility index (Phi) is 3.92. The van der Waals surface area contributed by atoms with Crippen LogP contribution in [0.4, 0.5) is 5.69 Å². The summed E-state index contributed by atoms with van der Waals surface area (Å²) in [6.07, 6.45) is 2.28. The van der Waals surface area contributed by atoms with Gasteiger partial charge in [-0.3, -0.25) is 0 Å². The van der Waals surface area contributed by atoms with E-state index in [0.29, 0.717) is 12.0 Å². The second-order valence-corrected chi connectivity index (χ2v) is 3.20. The highest BCUT2D eigenvalue weighted by atomic mass is 16.4. The Morgan fingerprint density at radius 1 is 1.60 bits per heavy atom. The molecule has 0 radical (unpaired) electrons. The summed E-state index contributed by atoms with van der Waals surface area (Å²) in [6, 6.07) is 5.26. The quantitative estimate of drug-likeness (QED) is 0.726. The van der Waals surface area contributed by atoms with Crippen LogP contribution in [0.15, 0.2) is 30.9 Å². The topological polar surface area (TPSA) is 49.3 Å². The van der Waals surface area contributed by atoms with Crippen LogP contribution in [0.25, 0.3) is 0 Å². The molecule has 0 fully saturated rings. The third-order valence-electron chi connectivity index (χ3n) is 2.08. The lowest BCUT2D eigenvalue weighted by Crippen LogP contribution is -2.04. The van der Waals surface area contributed by atoms with Crippen molar-refractivity contribution in [3.05, 3.63) is 42.0 Å². The highest BCUT2D eigenvalue weighted by Gasteiger charge is 2.08. The van der Waals surface area contributed by atoms with Gasteiger partial charge in [0.05, 0.1) is 5.56 Å². The first kappa shape index (κ1) is 11.3. The van der Waals surface area contributed by atoms with E-state index in [4.69, 9.17) is 5.11 Å². The summed E-state index contributed by atoms with van der Waals surface area (Å²) in [5, 5.41) is 12.1. The van der Waals surface area contributed by atoms with E-state index in [1.807, 2.05) is 13.0 Å². The Labute approximate surface area is 89.4 Å². The summed E-state index contributed by atoms with van der Waals surface area (Å²) in [7, 11) is 0. The summed E-state index contributed by atoms with van der Waals surface area (Å²) in [5.41, 5.74) is 2.08. The molecule has 0 aliphatic heterocycles. The Morgan fingerprint density at radius 2 is 2.33 bits per heavy atom. The molecule has 0 amide bonds. The number of carboxylic acid groups (broad SMARTS) is 1. The van der Waals surface area contributed by atoms with Crippen LogP contribution in [0.2, 0.25) is 0 Å². The van der Waals surface area contributed by atoms with Gasteiger partial charge in [0.1, 0.15) is 0 Å². The lowest BCUT2D eigenvalue weighted by Gasteiger charge is -2.08. The number of hydrogen-bond donors (Lipinski definition) is 2. The van der Waals surface area contributed by atoms with Gasteiger partial charge in [0.2, 0.25) is 0 Å². The van der Waals surface area contributed by atoms with Crippen LogP contribution < -0.4 is 5.32 Å². The molecule has 80 valence electrons. The molecule has 0 spiro atoms. The monoisotopic (exact) mass is 205 g/mol. The van der Waals surface area contributed by atoms with Crippen LogP contribution in [0.5, 0.6) is 0 Å². The highest BCUT2D eigenvalue weighted by Crippen LogP contribution is 2.17. The lowest BCUT2D eigenvalue weighted by molar-refractivity contribution is 0.0696. The molecule has 0 aromatic heterocycles. The fourth-order valence-corrected chi connectivity index (χ4v) is 1.44. The van der Waals surface area contributed by atoms with Gasteiger partial charge in [-0.25, -0.2) is 4.79 Å². The van der Waals surface area contributed by atoms with Crippen molar-refractivity contribution < 1.29 is 9.90 Å². The lowest BCUT2D eigenvalue weighted by atomic mass is 10.0. The van der Waals surface area contributed by atoms with E-state index in [-0.39, 0.29) is 0 Å². The molecule has 0 saturated heterocycles. The third kappa shape index (κ3) is 2.84. The molecule has 0 heterocycles. The first-order valence-corrected chi connectivity index (χ1v) is 4.90. The SMILES string of the molecule is C=CCc1cc(NCC)ccc1C(=O)O. The van der Waals surface area contributed by atoms with Crippen molar-refractivity contribution in [3.8, 4) is 0 Å². The standard InChI is InChI=1S/C12H15NO2/c1-3-5-9-8-10(13-4-2)6-7-11(9)12(14)15/h3,6-8,13H,1,4-5H2,2H3,(H,14,15). The van der Waals surface area contributed by atoms with Crippen LogP contribution in [-0.4, -0.2) is 17.6 Å². The summed E-state index contributed by atoms with van der Waals surface area (Å²) >= 11 is 0. The molecule has 0 unspecified atom stereocenters. The largest absolute Gasteiger partial charge is 0.478 e. The molecule has 1 aromatic carbocycles. The van der Waals surface area contributed by atoms with Crippen LogP contribution in [-0.2, 0) is 6.42 Å². The number of hydrogen-bond acceptors (Lipinski definition) is 2. The zero-order valence-electron chi connectivity index (χ0n) is 8.79. The van der Waals surface area contributed by atoms with Gasteiger partial charge in [-0.15, -0.1) is 6.58 Å². The minimum atomic E-state index is -0.894. The molecule has 1 rings (SSSR count). The minimum absolute atomic E-state index is 0.344. The van der Waals surface area contributed by atoms with Crippen LogP contribution in [0, 0.1) is 0 Å². The van der Waals surface area contributed by atoms with Gasteiger partial charge in [-0.05, 0) is 37.1 Å². The van der Waals surface area contributed by atoms with Gasteiger partial charge in [0.25, 0.3) is 0 Å². The Balaban J connectivity index is 3.08. The second-order valence-electron chi connectivity index (χ2n) is 3.20. The van der Waals surface area contributed by atoms with Gasteiger partial charge in [0.15, 0.2) is 0 Å². The van der Waals surface area contributed by atoms with Crippen molar-refractivity contribution in [2.45, 2.75) is 13.3 Å². The molecule has 0 saturated carbocycles. The Morgan fingerprint density at radius 3 is 2.87 bits per heavy atom. The first-order chi connectivity index (χ1) is 7.19. The number of allylic oxidation sites excluding steroid dienone is 1. The molecule has 1 aromatic rings. The highest BCUT2D eigenvalue weighted by molar-refractivity contribution is 5.90. The van der Waals surface area contributed by atoms with E-state index in [2.05, 4.69) is 11.9 Å². The summed E-state index contributed by atoms with van der Waals surface area (Å²) in [4.78, 5) is 10.9. The predicted molar refractivity (Wildman–Crippen MR) is 61.5 cm³/mol. The van der Waals surface area contributed by atoms with Crippen molar-refractivity contribution in [2.24, 2.45) is 0 Å². The minimum Gasteiger partial charge on any atom is -0.478 e. The number of carboxylic acids is 1. The normalized spacial score (nSPS) is 9.67. The fraction of sp³-hybridized carbons (Fsp3) is 0.250. The zero-order valence-corrected chi connectivity index (χ0v) is 8.79. The molecule has 0 bridgehead atoms. The van der Waals surface area contributed by atoms with E-state index in [0.717, 1.165) is 17.8 Å². The predicted octanol–water partition coefficient (Wildman–Crippen LogP) is 2.55. The maximum atomic E-state index is 10.9. The van der Waals surface area contributed by atoms with Crippen molar-refractivity contribution >= 4 is 11.7 Å². The third-order valence-corrected chi connectivity index (χ3v) is 2.08. The Bertz CT molecular complexity index is 372. The van der Waals surface area contributed by atoms with Gasteiger partial charge < -0.3 is 10.4 Å². The number of nitrogens with one attached hydrogen (secondary N) is 1. The van der Waals surface area contributed by atoms with Crippen LogP contribution in [0.3, 0.4) is 0 Å². The number of anilines is 1. The number of carbonyl (C=O) groups is 1. The van der Waals surface area contributed by atoms with Gasteiger partial charge in [-0.2, -0.15) is 0 Å². The number of rotatable bonds is 5. The van der Waals surface area contributed by atoms with E-state index < -0.39 is 5.97 Å². The smallest absolute Gasteiger partial charge is 0.335 e. The van der Waals surface area contributed by atoms with Crippen molar-refractivity contribution in [1.29, 1.82) is 0 Å². The van der Waals surface area contributed by atoms with Crippen LogP contribution in [0.1, 0.15) is 22.8 Å². The molecule has 15 heavy (non-hydrogen) atoms. The fourth-order valence-electron chi connectivity index (χ4n) is 1.44. The maximum Gasteiger partial charge on any atom is 0.335 e. The second kappa shape index (κ2) is 5.20. The molecule has 3 heteroatoms. The molecule has 3 nitrogen and oxygen atoms in total. The molecule has 2 N–H and O–H groups in total. The molecule has 0 aliphatic carbocycles. The molecule has 0 aliphatic rings.